The summed E-state index contributed by atoms with van der Waals surface area (Å²) in [6, 6.07) is 0. The molecule has 0 aromatic heterocycles. The summed E-state index contributed by atoms with van der Waals surface area (Å²) in [5.74, 6) is 0.942. The van der Waals surface area contributed by atoms with E-state index in [0.717, 1.165) is 45.7 Å². The average Bonchev–Trinajstić information content (AvgIpc) is 3.03. The Morgan fingerprint density at radius 2 is 2.00 bits per heavy atom. The Bertz CT molecular complexity index is 215. The lowest BCUT2D eigenvalue weighted by Gasteiger charge is -2.27. The lowest BCUT2D eigenvalue weighted by molar-refractivity contribution is -0.121. The Hall–Kier alpha value is -0.320. The fourth-order valence-corrected chi connectivity index (χ4v) is 1.94. The highest BCUT2D eigenvalue weighted by Crippen LogP contribution is 2.31. The maximum absolute atomic E-state index is 11.4. The maximum Gasteiger partial charge on any atom is 0.220 e. The first kappa shape index (κ1) is 13.7. The van der Waals surface area contributed by atoms with Gasteiger partial charge in [0.25, 0.3) is 0 Å². The molecule has 0 spiro atoms. The molecule has 0 aromatic rings. The number of halogens is 1. The molecule has 2 rings (SSSR count). The van der Waals surface area contributed by atoms with E-state index in [-0.39, 0.29) is 18.3 Å². The van der Waals surface area contributed by atoms with Gasteiger partial charge in [0.1, 0.15) is 0 Å². The number of carbonyl (C=O) groups excluding carboxylic acids is 1. The van der Waals surface area contributed by atoms with Crippen molar-refractivity contribution in [2.24, 2.45) is 5.92 Å². The van der Waals surface area contributed by atoms with E-state index in [1.54, 1.807) is 0 Å². The summed E-state index contributed by atoms with van der Waals surface area (Å²) in [6.07, 6.45) is 3.26. The normalized spacial score (nSPS) is 21.2. The highest BCUT2D eigenvalue weighted by molar-refractivity contribution is 5.85. The maximum atomic E-state index is 11.4. The van der Waals surface area contributed by atoms with E-state index in [2.05, 4.69) is 15.5 Å². The van der Waals surface area contributed by atoms with Gasteiger partial charge in [-0.25, -0.2) is 0 Å². The van der Waals surface area contributed by atoms with Crippen LogP contribution in [0.4, 0.5) is 0 Å². The Morgan fingerprint density at radius 3 is 2.62 bits per heavy atom. The molecule has 5 heteroatoms. The fourth-order valence-electron chi connectivity index (χ4n) is 1.94. The molecule has 0 aromatic carbocycles. The van der Waals surface area contributed by atoms with Gasteiger partial charge in [0.05, 0.1) is 0 Å². The van der Waals surface area contributed by atoms with Gasteiger partial charge in [0.15, 0.2) is 0 Å². The lowest BCUT2D eigenvalue weighted by Crippen LogP contribution is -2.46. The summed E-state index contributed by atoms with van der Waals surface area (Å²) < 4.78 is 0. The van der Waals surface area contributed by atoms with E-state index in [1.807, 2.05) is 0 Å². The summed E-state index contributed by atoms with van der Waals surface area (Å²) in [7, 11) is 0. The first-order chi connectivity index (χ1) is 7.34. The molecular formula is C11H22ClN3O. The zero-order valence-corrected chi connectivity index (χ0v) is 10.5. The molecule has 16 heavy (non-hydrogen) atoms. The van der Waals surface area contributed by atoms with Crippen LogP contribution in [-0.4, -0.2) is 50.1 Å². The van der Waals surface area contributed by atoms with Crippen LogP contribution in [0, 0.1) is 5.92 Å². The van der Waals surface area contributed by atoms with E-state index in [9.17, 15) is 4.79 Å². The van der Waals surface area contributed by atoms with Crippen molar-refractivity contribution < 1.29 is 4.79 Å². The Balaban J connectivity index is 0.00000128. The van der Waals surface area contributed by atoms with Crippen molar-refractivity contribution >= 4 is 18.3 Å². The highest BCUT2D eigenvalue weighted by Gasteiger charge is 2.24. The fraction of sp³-hybridized carbons (Fsp3) is 0.909. The molecule has 1 aliphatic carbocycles. The molecule has 1 saturated carbocycles. The van der Waals surface area contributed by atoms with Crippen molar-refractivity contribution in [1.82, 2.24) is 15.5 Å². The molecule has 2 N–H and O–H groups in total. The summed E-state index contributed by atoms with van der Waals surface area (Å²) in [6.45, 7) is 6.19. The Morgan fingerprint density at radius 1 is 1.31 bits per heavy atom. The molecule has 1 amide bonds. The SMILES string of the molecule is Cl.O=C(CC1CC1)NCCN1CCNCC1. The van der Waals surface area contributed by atoms with Gasteiger partial charge in [-0.15, -0.1) is 12.4 Å². The van der Waals surface area contributed by atoms with Crippen LogP contribution in [0.25, 0.3) is 0 Å². The molecule has 2 fully saturated rings. The predicted molar refractivity (Wildman–Crippen MR) is 66.9 cm³/mol. The molecule has 2 aliphatic rings. The smallest absolute Gasteiger partial charge is 0.220 e. The van der Waals surface area contributed by atoms with Crippen LogP contribution in [-0.2, 0) is 4.79 Å². The Labute approximate surface area is 104 Å². The number of rotatable bonds is 5. The number of hydrogen-bond acceptors (Lipinski definition) is 3. The van der Waals surface area contributed by atoms with Crippen LogP contribution in [0.2, 0.25) is 0 Å². The lowest BCUT2D eigenvalue weighted by atomic mass is 10.3. The quantitative estimate of drug-likeness (QED) is 0.731. The van der Waals surface area contributed by atoms with E-state index in [1.165, 1.54) is 12.8 Å². The van der Waals surface area contributed by atoms with Gasteiger partial charge in [0, 0.05) is 45.7 Å². The van der Waals surface area contributed by atoms with Crippen LogP contribution in [0.3, 0.4) is 0 Å². The zero-order valence-electron chi connectivity index (χ0n) is 9.71. The Kier molecular flexibility index (Phi) is 6.09. The molecule has 94 valence electrons. The summed E-state index contributed by atoms with van der Waals surface area (Å²) in [5, 5.41) is 6.32. The van der Waals surface area contributed by atoms with Crippen molar-refractivity contribution in [2.45, 2.75) is 19.3 Å². The number of piperazine rings is 1. The molecule has 0 unspecified atom stereocenters. The molecular weight excluding hydrogens is 226 g/mol. The molecule has 1 heterocycles. The first-order valence-electron chi connectivity index (χ1n) is 6.04. The number of amides is 1. The number of nitrogens with one attached hydrogen (secondary N) is 2. The molecule has 1 saturated heterocycles. The second kappa shape index (κ2) is 7.09. The van der Waals surface area contributed by atoms with Gasteiger partial charge in [-0.3, -0.25) is 9.69 Å². The highest BCUT2D eigenvalue weighted by atomic mass is 35.5. The molecule has 4 nitrogen and oxygen atoms in total. The number of carbonyl (C=O) groups is 1. The van der Waals surface area contributed by atoms with Gasteiger partial charge in [-0.05, 0) is 18.8 Å². The average molecular weight is 248 g/mol. The van der Waals surface area contributed by atoms with Crippen LogP contribution < -0.4 is 10.6 Å². The molecule has 0 radical (unpaired) electrons. The van der Waals surface area contributed by atoms with E-state index in [4.69, 9.17) is 0 Å². The summed E-state index contributed by atoms with van der Waals surface area (Å²) in [5.41, 5.74) is 0. The molecule has 0 atom stereocenters. The van der Waals surface area contributed by atoms with E-state index < -0.39 is 0 Å². The number of hydrogen-bond donors (Lipinski definition) is 2. The predicted octanol–water partition coefficient (Wildman–Crippen LogP) is 0.230. The minimum absolute atomic E-state index is 0. The summed E-state index contributed by atoms with van der Waals surface area (Å²) >= 11 is 0. The van der Waals surface area contributed by atoms with Crippen molar-refractivity contribution in [1.29, 1.82) is 0 Å². The number of nitrogens with zero attached hydrogens (tertiary/aromatic N) is 1. The third-order valence-electron chi connectivity index (χ3n) is 3.13. The molecule has 1 aliphatic heterocycles. The second-order valence-corrected chi connectivity index (χ2v) is 4.59. The van der Waals surface area contributed by atoms with Gasteiger partial charge in [0.2, 0.25) is 5.91 Å². The van der Waals surface area contributed by atoms with Gasteiger partial charge in [-0.2, -0.15) is 0 Å². The van der Waals surface area contributed by atoms with Crippen LogP contribution >= 0.6 is 12.4 Å². The van der Waals surface area contributed by atoms with Crippen molar-refractivity contribution in [3.63, 3.8) is 0 Å². The zero-order chi connectivity index (χ0) is 10.5. The monoisotopic (exact) mass is 247 g/mol. The van der Waals surface area contributed by atoms with E-state index >= 15 is 0 Å². The van der Waals surface area contributed by atoms with Gasteiger partial charge in [-0.1, -0.05) is 0 Å². The minimum Gasteiger partial charge on any atom is -0.355 e. The molecule has 0 bridgehead atoms. The second-order valence-electron chi connectivity index (χ2n) is 4.59. The van der Waals surface area contributed by atoms with Gasteiger partial charge >= 0.3 is 0 Å². The van der Waals surface area contributed by atoms with Crippen LogP contribution in [0.1, 0.15) is 19.3 Å². The third-order valence-corrected chi connectivity index (χ3v) is 3.13. The van der Waals surface area contributed by atoms with Crippen molar-refractivity contribution in [3.05, 3.63) is 0 Å². The minimum atomic E-state index is 0. The first-order valence-corrected chi connectivity index (χ1v) is 6.04. The van der Waals surface area contributed by atoms with Crippen LogP contribution in [0.5, 0.6) is 0 Å². The largest absolute Gasteiger partial charge is 0.355 e. The van der Waals surface area contributed by atoms with Gasteiger partial charge < -0.3 is 10.6 Å². The van der Waals surface area contributed by atoms with Crippen molar-refractivity contribution in [3.8, 4) is 0 Å². The van der Waals surface area contributed by atoms with Crippen molar-refractivity contribution in [2.75, 3.05) is 39.3 Å². The topological polar surface area (TPSA) is 44.4 Å². The van der Waals surface area contributed by atoms with E-state index in [0.29, 0.717) is 5.92 Å². The third kappa shape index (κ3) is 5.14. The van der Waals surface area contributed by atoms with Crippen LogP contribution in [0.15, 0.2) is 0 Å². The summed E-state index contributed by atoms with van der Waals surface area (Å²) in [4.78, 5) is 13.8. The standard InChI is InChI=1S/C11H21N3O.ClH/c15-11(9-10-1-2-10)13-5-8-14-6-3-12-4-7-14;/h10,12H,1-9H2,(H,13,15);1H.